The number of Topliss-reactive ketones (excluding diaryl/α,β-unsaturated/α-hetero) is 1. The van der Waals surface area contributed by atoms with Crippen molar-refractivity contribution in [2.24, 2.45) is 0 Å². The molecule has 0 spiro atoms. The molecule has 0 aliphatic carbocycles. The molecule has 11 heavy (non-hydrogen) atoms. The van der Waals surface area contributed by atoms with Crippen LogP contribution in [-0.4, -0.2) is 15.6 Å². The fourth-order valence-electron chi connectivity index (χ4n) is 0.907. The summed E-state index contributed by atoms with van der Waals surface area (Å²) in [5.41, 5.74) is 6.33. The Hall–Kier alpha value is -1.32. The van der Waals surface area contributed by atoms with Crippen LogP contribution in [0.3, 0.4) is 0 Å². The molecule has 1 aromatic rings. The predicted octanol–water partition coefficient (Wildman–Crippen LogP) is 0.363. The van der Waals surface area contributed by atoms with Crippen LogP contribution in [0.1, 0.15) is 12.6 Å². The zero-order chi connectivity index (χ0) is 8.43. The molecule has 0 saturated heterocycles. The molecule has 0 fully saturated rings. The van der Waals surface area contributed by atoms with Crippen molar-refractivity contribution in [3.8, 4) is 0 Å². The first kappa shape index (κ1) is 7.78. The fourth-order valence-corrected chi connectivity index (χ4v) is 0.907. The van der Waals surface area contributed by atoms with Crippen molar-refractivity contribution in [2.75, 3.05) is 5.73 Å². The largest absolute Gasteiger partial charge is 0.382 e. The van der Waals surface area contributed by atoms with Gasteiger partial charge in [0.2, 0.25) is 0 Å². The quantitative estimate of drug-likeness (QED) is 0.667. The lowest BCUT2D eigenvalue weighted by Crippen LogP contribution is -2.09. The molecule has 0 radical (unpaired) electrons. The average Bonchev–Trinajstić information content (AvgIpc) is 2.09. The van der Waals surface area contributed by atoms with Crippen molar-refractivity contribution in [2.45, 2.75) is 20.4 Å². The van der Waals surface area contributed by atoms with Gasteiger partial charge in [-0.3, -0.25) is 9.48 Å². The Morgan fingerprint density at radius 1 is 1.82 bits per heavy atom. The van der Waals surface area contributed by atoms with Crippen molar-refractivity contribution in [1.29, 1.82) is 0 Å². The van der Waals surface area contributed by atoms with Crippen LogP contribution in [0.5, 0.6) is 0 Å². The number of ketones is 1. The van der Waals surface area contributed by atoms with Gasteiger partial charge in [-0.25, -0.2) is 0 Å². The number of nitrogen functional groups attached to an aromatic ring is 1. The fraction of sp³-hybridized carbons (Fsp3) is 0.429. The van der Waals surface area contributed by atoms with E-state index in [9.17, 15) is 4.79 Å². The number of rotatable bonds is 2. The molecule has 0 aromatic carbocycles. The van der Waals surface area contributed by atoms with E-state index in [1.165, 1.54) is 6.92 Å². The van der Waals surface area contributed by atoms with E-state index in [1.807, 2.05) is 6.92 Å². The van der Waals surface area contributed by atoms with Crippen molar-refractivity contribution < 1.29 is 4.79 Å². The minimum atomic E-state index is 0.0798. The number of hydrogen-bond donors (Lipinski definition) is 1. The summed E-state index contributed by atoms with van der Waals surface area (Å²) in [6, 6.07) is 1.74. The summed E-state index contributed by atoms with van der Waals surface area (Å²) < 4.78 is 1.59. The molecule has 2 N–H and O–H groups in total. The number of carbonyl (C=O) groups is 1. The number of anilines is 1. The first-order chi connectivity index (χ1) is 5.09. The van der Waals surface area contributed by atoms with E-state index in [1.54, 1.807) is 10.7 Å². The average molecular weight is 153 g/mol. The lowest BCUT2D eigenvalue weighted by molar-refractivity contribution is -0.117. The van der Waals surface area contributed by atoms with Crippen molar-refractivity contribution in [3.63, 3.8) is 0 Å². The topological polar surface area (TPSA) is 60.9 Å². The summed E-state index contributed by atoms with van der Waals surface area (Å²) in [4.78, 5) is 10.7. The second kappa shape index (κ2) is 2.74. The lowest BCUT2D eigenvalue weighted by Gasteiger charge is -1.98. The van der Waals surface area contributed by atoms with Gasteiger partial charge < -0.3 is 5.73 Å². The maximum Gasteiger partial charge on any atom is 0.151 e. The molecule has 0 saturated carbocycles. The maximum atomic E-state index is 10.7. The smallest absolute Gasteiger partial charge is 0.151 e. The van der Waals surface area contributed by atoms with Gasteiger partial charge in [0.25, 0.3) is 0 Å². The second-order valence-corrected chi connectivity index (χ2v) is 2.57. The molecule has 1 rings (SSSR count). The third-order valence-electron chi connectivity index (χ3n) is 1.37. The molecule has 0 amide bonds. The van der Waals surface area contributed by atoms with E-state index >= 15 is 0 Å². The molecule has 60 valence electrons. The Morgan fingerprint density at radius 3 is 2.82 bits per heavy atom. The number of carbonyl (C=O) groups excluding carboxylic acids is 1. The van der Waals surface area contributed by atoms with E-state index in [0.717, 1.165) is 5.69 Å². The molecule has 0 bridgehead atoms. The van der Waals surface area contributed by atoms with Crippen LogP contribution in [0.4, 0.5) is 5.82 Å². The monoisotopic (exact) mass is 153 g/mol. The Labute approximate surface area is 65.0 Å². The summed E-state index contributed by atoms with van der Waals surface area (Å²) in [6.07, 6.45) is 0. The molecule has 0 atom stereocenters. The molecule has 1 aromatic heterocycles. The second-order valence-electron chi connectivity index (χ2n) is 2.57. The maximum absolute atomic E-state index is 10.7. The van der Waals surface area contributed by atoms with Crippen LogP contribution >= 0.6 is 0 Å². The lowest BCUT2D eigenvalue weighted by atomic mass is 10.4. The molecule has 1 heterocycles. The minimum Gasteiger partial charge on any atom is -0.382 e. The van der Waals surface area contributed by atoms with Gasteiger partial charge in [-0.1, -0.05) is 0 Å². The summed E-state index contributed by atoms with van der Waals surface area (Å²) >= 11 is 0. The highest BCUT2D eigenvalue weighted by molar-refractivity contribution is 5.75. The highest BCUT2D eigenvalue weighted by atomic mass is 16.1. The van der Waals surface area contributed by atoms with E-state index in [0.29, 0.717) is 12.4 Å². The molecular weight excluding hydrogens is 142 g/mol. The van der Waals surface area contributed by atoms with E-state index in [-0.39, 0.29) is 5.78 Å². The van der Waals surface area contributed by atoms with Crippen LogP contribution in [0, 0.1) is 6.92 Å². The van der Waals surface area contributed by atoms with Crippen molar-refractivity contribution in [1.82, 2.24) is 9.78 Å². The van der Waals surface area contributed by atoms with Gasteiger partial charge in [-0.15, -0.1) is 0 Å². The zero-order valence-corrected chi connectivity index (χ0v) is 6.66. The van der Waals surface area contributed by atoms with Gasteiger partial charge in [-0.2, -0.15) is 5.10 Å². The van der Waals surface area contributed by atoms with Crippen LogP contribution in [-0.2, 0) is 11.3 Å². The SMILES string of the molecule is CC(=O)Cn1nc(N)cc1C. The van der Waals surface area contributed by atoms with Gasteiger partial charge in [-0.05, 0) is 13.8 Å². The minimum absolute atomic E-state index is 0.0798. The Bertz CT molecular complexity index is 277. The standard InChI is InChI=1S/C7H11N3O/c1-5-3-7(8)9-10(5)4-6(2)11/h3H,4H2,1-2H3,(H2,8,9). The summed E-state index contributed by atoms with van der Waals surface area (Å²) in [5, 5.41) is 3.92. The summed E-state index contributed by atoms with van der Waals surface area (Å²) in [7, 11) is 0. The van der Waals surface area contributed by atoms with Crippen LogP contribution in [0.25, 0.3) is 0 Å². The van der Waals surface area contributed by atoms with E-state index in [2.05, 4.69) is 5.10 Å². The third kappa shape index (κ3) is 1.80. The summed E-state index contributed by atoms with van der Waals surface area (Å²) in [5.74, 6) is 0.542. The molecule has 0 aliphatic heterocycles. The van der Waals surface area contributed by atoms with Gasteiger partial charge in [0.15, 0.2) is 5.78 Å². The molecule has 4 heteroatoms. The van der Waals surface area contributed by atoms with Crippen molar-refractivity contribution in [3.05, 3.63) is 11.8 Å². The van der Waals surface area contributed by atoms with Crippen LogP contribution < -0.4 is 5.73 Å². The first-order valence-electron chi connectivity index (χ1n) is 3.39. The Balaban J connectivity index is 2.85. The molecule has 0 aliphatic rings. The van der Waals surface area contributed by atoms with E-state index in [4.69, 9.17) is 5.73 Å². The summed E-state index contributed by atoms with van der Waals surface area (Å²) in [6.45, 7) is 3.70. The Kier molecular flexibility index (Phi) is 1.94. The number of aryl methyl sites for hydroxylation is 1. The highest BCUT2D eigenvalue weighted by Crippen LogP contribution is 2.03. The predicted molar refractivity (Wildman–Crippen MR) is 42.1 cm³/mol. The molecular formula is C7H11N3O. The number of nitrogens with zero attached hydrogens (tertiary/aromatic N) is 2. The number of nitrogens with two attached hydrogens (primary N) is 1. The zero-order valence-electron chi connectivity index (χ0n) is 6.66. The Morgan fingerprint density at radius 2 is 2.45 bits per heavy atom. The molecule has 0 unspecified atom stereocenters. The molecule has 4 nitrogen and oxygen atoms in total. The number of hydrogen-bond acceptors (Lipinski definition) is 3. The van der Waals surface area contributed by atoms with Gasteiger partial charge in [0.1, 0.15) is 5.82 Å². The number of aromatic nitrogens is 2. The van der Waals surface area contributed by atoms with Gasteiger partial charge >= 0.3 is 0 Å². The third-order valence-corrected chi connectivity index (χ3v) is 1.37. The first-order valence-corrected chi connectivity index (χ1v) is 3.39. The van der Waals surface area contributed by atoms with Crippen LogP contribution in [0.15, 0.2) is 6.07 Å². The van der Waals surface area contributed by atoms with E-state index < -0.39 is 0 Å². The van der Waals surface area contributed by atoms with Gasteiger partial charge in [0.05, 0.1) is 6.54 Å². The highest BCUT2D eigenvalue weighted by Gasteiger charge is 2.02. The van der Waals surface area contributed by atoms with Crippen molar-refractivity contribution >= 4 is 11.6 Å². The van der Waals surface area contributed by atoms with Crippen LogP contribution in [0.2, 0.25) is 0 Å². The normalized spacial score (nSPS) is 10.0. The van der Waals surface area contributed by atoms with Gasteiger partial charge in [0, 0.05) is 11.8 Å².